The van der Waals surface area contributed by atoms with Crippen molar-refractivity contribution < 1.29 is 0 Å². The van der Waals surface area contributed by atoms with Gasteiger partial charge in [-0.1, -0.05) is 0 Å². The SMILES string of the molecule is Cc1ncccc1NC(C)c1nccs1. The second-order valence-corrected chi connectivity index (χ2v) is 4.30. The van der Waals surface area contributed by atoms with Gasteiger partial charge < -0.3 is 5.32 Å². The van der Waals surface area contributed by atoms with Crippen molar-refractivity contribution in [2.24, 2.45) is 0 Å². The van der Waals surface area contributed by atoms with Crippen molar-refractivity contribution in [1.29, 1.82) is 0 Å². The summed E-state index contributed by atoms with van der Waals surface area (Å²) >= 11 is 1.66. The van der Waals surface area contributed by atoms with E-state index in [-0.39, 0.29) is 6.04 Å². The van der Waals surface area contributed by atoms with Crippen LogP contribution in [-0.2, 0) is 0 Å². The maximum Gasteiger partial charge on any atom is 0.115 e. The zero-order valence-corrected chi connectivity index (χ0v) is 9.58. The van der Waals surface area contributed by atoms with Gasteiger partial charge >= 0.3 is 0 Å². The van der Waals surface area contributed by atoms with Crippen molar-refractivity contribution >= 4 is 17.0 Å². The van der Waals surface area contributed by atoms with E-state index >= 15 is 0 Å². The van der Waals surface area contributed by atoms with Gasteiger partial charge in [0.25, 0.3) is 0 Å². The Hall–Kier alpha value is -1.42. The highest BCUT2D eigenvalue weighted by atomic mass is 32.1. The van der Waals surface area contributed by atoms with E-state index in [0.717, 1.165) is 16.4 Å². The van der Waals surface area contributed by atoms with Gasteiger partial charge in [0.15, 0.2) is 0 Å². The third kappa shape index (κ3) is 2.33. The molecule has 3 nitrogen and oxygen atoms in total. The minimum atomic E-state index is 0.230. The Balaban J connectivity index is 2.13. The van der Waals surface area contributed by atoms with E-state index in [1.54, 1.807) is 17.5 Å². The van der Waals surface area contributed by atoms with E-state index < -0.39 is 0 Å². The minimum Gasteiger partial charge on any atom is -0.375 e. The van der Waals surface area contributed by atoms with Crippen molar-refractivity contribution in [1.82, 2.24) is 9.97 Å². The van der Waals surface area contributed by atoms with Crippen LogP contribution in [0.4, 0.5) is 5.69 Å². The Morgan fingerprint density at radius 3 is 2.87 bits per heavy atom. The monoisotopic (exact) mass is 219 g/mol. The standard InChI is InChI=1S/C11H13N3S/c1-8-10(4-3-5-12-8)14-9(2)11-13-6-7-15-11/h3-7,9,14H,1-2H3. The summed E-state index contributed by atoms with van der Waals surface area (Å²) in [6, 6.07) is 4.20. The van der Waals surface area contributed by atoms with Crippen LogP contribution in [0.15, 0.2) is 29.9 Å². The Morgan fingerprint density at radius 1 is 1.33 bits per heavy atom. The number of anilines is 1. The topological polar surface area (TPSA) is 37.8 Å². The molecule has 1 N–H and O–H groups in total. The smallest absolute Gasteiger partial charge is 0.115 e. The van der Waals surface area contributed by atoms with Crippen molar-refractivity contribution in [3.63, 3.8) is 0 Å². The Kier molecular flexibility index (Phi) is 2.97. The summed E-state index contributed by atoms with van der Waals surface area (Å²) in [5, 5.41) is 6.48. The zero-order chi connectivity index (χ0) is 10.7. The van der Waals surface area contributed by atoms with Crippen LogP contribution in [0.1, 0.15) is 23.7 Å². The van der Waals surface area contributed by atoms with Gasteiger partial charge in [0.05, 0.1) is 17.4 Å². The van der Waals surface area contributed by atoms with E-state index in [1.807, 2.05) is 30.6 Å². The predicted molar refractivity (Wildman–Crippen MR) is 63.1 cm³/mol. The molecule has 2 heterocycles. The van der Waals surface area contributed by atoms with Crippen LogP contribution in [0.3, 0.4) is 0 Å². The molecule has 0 aliphatic heterocycles. The Morgan fingerprint density at radius 2 is 2.20 bits per heavy atom. The number of hydrogen-bond donors (Lipinski definition) is 1. The van der Waals surface area contributed by atoms with Crippen LogP contribution in [0, 0.1) is 6.92 Å². The summed E-state index contributed by atoms with van der Waals surface area (Å²) in [5.74, 6) is 0. The lowest BCUT2D eigenvalue weighted by atomic mass is 10.2. The van der Waals surface area contributed by atoms with Crippen LogP contribution in [0.25, 0.3) is 0 Å². The third-order valence-corrected chi connectivity index (χ3v) is 3.16. The highest BCUT2D eigenvalue weighted by molar-refractivity contribution is 7.09. The second kappa shape index (κ2) is 4.40. The lowest BCUT2D eigenvalue weighted by Gasteiger charge is -2.13. The molecule has 0 spiro atoms. The molecule has 2 aromatic rings. The average Bonchev–Trinajstić information content (AvgIpc) is 2.74. The predicted octanol–water partition coefficient (Wildman–Crippen LogP) is 3.02. The molecule has 0 fully saturated rings. The maximum atomic E-state index is 4.28. The van der Waals surface area contributed by atoms with Crippen LogP contribution in [-0.4, -0.2) is 9.97 Å². The molecular weight excluding hydrogens is 206 g/mol. The summed E-state index contributed by atoms with van der Waals surface area (Å²) in [5.41, 5.74) is 2.08. The molecule has 0 amide bonds. The average molecular weight is 219 g/mol. The number of hydrogen-bond acceptors (Lipinski definition) is 4. The van der Waals surface area contributed by atoms with E-state index in [2.05, 4.69) is 22.2 Å². The summed E-state index contributed by atoms with van der Waals surface area (Å²) in [6.45, 7) is 4.10. The van der Waals surface area contributed by atoms with Gasteiger partial charge in [-0.15, -0.1) is 11.3 Å². The van der Waals surface area contributed by atoms with E-state index in [1.165, 1.54) is 0 Å². The molecule has 0 saturated heterocycles. The van der Waals surface area contributed by atoms with Crippen LogP contribution in [0.2, 0.25) is 0 Å². The number of pyridine rings is 1. The lowest BCUT2D eigenvalue weighted by Crippen LogP contribution is -2.07. The molecule has 0 aromatic carbocycles. The first-order valence-electron chi connectivity index (χ1n) is 4.85. The lowest BCUT2D eigenvalue weighted by molar-refractivity contribution is 0.865. The largest absolute Gasteiger partial charge is 0.375 e. The number of thiazole rings is 1. The van der Waals surface area contributed by atoms with Gasteiger partial charge in [0.1, 0.15) is 5.01 Å². The van der Waals surface area contributed by atoms with Gasteiger partial charge in [0.2, 0.25) is 0 Å². The third-order valence-electron chi connectivity index (χ3n) is 2.20. The number of nitrogens with zero attached hydrogens (tertiary/aromatic N) is 2. The minimum absolute atomic E-state index is 0.230. The highest BCUT2D eigenvalue weighted by Gasteiger charge is 2.08. The number of nitrogens with one attached hydrogen (secondary N) is 1. The molecule has 0 aliphatic carbocycles. The van der Waals surface area contributed by atoms with Crippen molar-refractivity contribution in [3.8, 4) is 0 Å². The summed E-state index contributed by atoms with van der Waals surface area (Å²) in [6.07, 6.45) is 3.63. The molecule has 0 saturated carbocycles. The number of aromatic nitrogens is 2. The van der Waals surface area contributed by atoms with Crippen molar-refractivity contribution in [3.05, 3.63) is 40.6 Å². The molecule has 0 radical (unpaired) electrons. The van der Waals surface area contributed by atoms with Crippen LogP contribution >= 0.6 is 11.3 Å². The van der Waals surface area contributed by atoms with Gasteiger partial charge in [-0.2, -0.15) is 0 Å². The molecule has 78 valence electrons. The molecule has 2 rings (SSSR count). The quantitative estimate of drug-likeness (QED) is 0.862. The van der Waals surface area contributed by atoms with E-state index in [4.69, 9.17) is 0 Å². The molecule has 1 unspecified atom stereocenters. The fourth-order valence-electron chi connectivity index (χ4n) is 1.38. The first kappa shape index (κ1) is 10.1. The van der Waals surface area contributed by atoms with Crippen molar-refractivity contribution in [2.45, 2.75) is 19.9 Å². The van der Waals surface area contributed by atoms with Gasteiger partial charge in [-0.25, -0.2) is 4.98 Å². The normalized spacial score (nSPS) is 12.4. The van der Waals surface area contributed by atoms with Crippen molar-refractivity contribution in [2.75, 3.05) is 5.32 Å². The van der Waals surface area contributed by atoms with Crippen LogP contribution < -0.4 is 5.32 Å². The second-order valence-electron chi connectivity index (χ2n) is 3.37. The summed E-state index contributed by atoms with van der Waals surface area (Å²) < 4.78 is 0. The molecule has 4 heteroatoms. The summed E-state index contributed by atoms with van der Waals surface area (Å²) in [7, 11) is 0. The first-order valence-corrected chi connectivity index (χ1v) is 5.73. The fraction of sp³-hybridized carbons (Fsp3) is 0.273. The highest BCUT2D eigenvalue weighted by Crippen LogP contribution is 2.21. The Bertz CT molecular complexity index is 425. The molecule has 1 atom stereocenters. The van der Waals surface area contributed by atoms with Crippen LogP contribution in [0.5, 0.6) is 0 Å². The van der Waals surface area contributed by atoms with Gasteiger partial charge in [-0.3, -0.25) is 4.98 Å². The molecule has 0 aliphatic rings. The van der Waals surface area contributed by atoms with Gasteiger partial charge in [0, 0.05) is 17.8 Å². The zero-order valence-electron chi connectivity index (χ0n) is 8.77. The Labute approximate surface area is 93.2 Å². The van der Waals surface area contributed by atoms with E-state index in [0.29, 0.717) is 0 Å². The molecule has 2 aromatic heterocycles. The fourth-order valence-corrected chi connectivity index (χ4v) is 2.03. The number of aryl methyl sites for hydroxylation is 1. The molecule has 0 bridgehead atoms. The summed E-state index contributed by atoms with van der Waals surface area (Å²) in [4.78, 5) is 8.51. The maximum absolute atomic E-state index is 4.28. The molecular formula is C11H13N3S. The molecule has 15 heavy (non-hydrogen) atoms. The number of rotatable bonds is 3. The first-order chi connectivity index (χ1) is 7.27. The van der Waals surface area contributed by atoms with Gasteiger partial charge in [-0.05, 0) is 26.0 Å². The van der Waals surface area contributed by atoms with E-state index in [9.17, 15) is 0 Å².